The van der Waals surface area contributed by atoms with Crippen LogP contribution in [0.15, 0.2) is 47.2 Å². The Morgan fingerprint density at radius 2 is 2.10 bits per heavy atom. The second-order valence-electron chi connectivity index (χ2n) is 5.39. The van der Waals surface area contributed by atoms with Crippen LogP contribution in [0.1, 0.15) is 29.3 Å². The minimum atomic E-state index is 0.299. The van der Waals surface area contributed by atoms with Gasteiger partial charge in [-0.15, -0.1) is 0 Å². The van der Waals surface area contributed by atoms with Crippen molar-refractivity contribution < 1.29 is 0 Å². The molecule has 0 aliphatic carbocycles. The molecule has 108 valence electrons. The number of aryl methyl sites for hydroxylation is 2. The lowest BCUT2D eigenvalue weighted by Crippen LogP contribution is -2.18. The zero-order chi connectivity index (χ0) is 14.7. The van der Waals surface area contributed by atoms with Gasteiger partial charge in [0, 0.05) is 11.4 Å². The molecule has 1 N–H and O–H groups in total. The molecule has 0 saturated carbocycles. The van der Waals surface area contributed by atoms with Crippen molar-refractivity contribution in [3.05, 3.63) is 64.0 Å². The van der Waals surface area contributed by atoms with E-state index in [1.54, 1.807) is 11.3 Å². The van der Waals surface area contributed by atoms with E-state index in [4.69, 9.17) is 4.98 Å². The lowest BCUT2D eigenvalue weighted by atomic mass is 10.0. The predicted octanol–water partition coefficient (Wildman–Crippen LogP) is 4.50. The molecule has 3 aromatic rings. The highest BCUT2D eigenvalue weighted by Crippen LogP contribution is 2.24. The normalized spacial score (nSPS) is 12.7. The van der Waals surface area contributed by atoms with Gasteiger partial charge in [0.25, 0.3) is 0 Å². The Hall–Kier alpha value is -1.71. The Morgan fingerprint density at radius 1 is 1.24 bits per heavy atom. The third-order valence-electron chi connectivity index (χ3n) is 3.95. The Kier molecular flexibility index (Phi) is 4.32. The first-order chi connectivity index (χ1) is 10.3. The fourth-order valence-corrected chi connectivity index (χ4v) is 3.44. The van der Waals surface area contributed by atoms with E-state index >= 15 is 0 Å². The van der Waals surface area contributed by atoms with Gasteiger partial charge < -0.3 is 5.32 Å². The zero-order valence-corrected chi connectivity index (χ0v) is 13.3. The van der Waals surface area contributed by atoms with Crippen molar-refractivity contribution in [2.24, 2.45) is 0 Å². The van der Waals surface area contributed by atoms with Gasteiger partial charge in [0.05, 0.1) is 11.2 Å². The molecule has 2 nitrogen and oxygen atoms in total. The van der Waals surface area contributed by atoms with Gasteiger partial charge in [-0.05, 0) is 66.9 Å². The number of pyridine rings is 1. The van der Waals surface area contributed by atoms with Gasteiger partial charge in [0.1, 0.15) is 0 Å². The number of hydrogen-bond acceptors (Lipinski definition) is 3. The molecule has 0 spiro atoms. The SMILES string of the molecule is CNC(CCc1ccsc1)c1cc(C)c2ccccc2n1. The van der Waals surface area contributed by atoms with Crippen molar-refractivity contribution in [3.8, 4) is 0 Å². The molecule has 1 aromatic carbocycles. The van der Waals surface area contributed by atoms with Crippen LogP contribution in [0, 0.1) is 6.92 Å². The Balaban J connectivity index is 1.86. The second-order valence-corrected chi connectivity index (χ2v) is 6.17. The number of aromatic nitrogens is 1. The highest BCUT2D eigenvalue weighted by Gasteiger charge is 2.13. The molecule has 0 amide bonds. The van der Waals surface area contributed by atoms with E-state index in [-0.39, 0.29) is 0 Å². The van der Waals surface area contributed by atoms with E-state index in [1.807, 2.05) is 7.05 Å². The Morgan fingerprint density at radius 3 is 2.86 bits per heavy atom. The number of hydrogen-bond donors (Lipinski definition) is 1. The third-order valence-corrected chi connectivity index (χ3v) is 4.68. The minimum Gasteiger partial charge on any atom is -0.312 e. The predicted molar refractivity (Wildman–Crippen MR) is 90.9 cm³/mol. The van der Waals surface area contributed by atoms with Gasteiger partial charge in [0.15, 0.2) is 0 Å². The molecule has 0 radical (unpaired) electrons. The molecule has 2 heterocycles. The van der Waals surface area contributed by atoms with Crippen molar-refractivity contribution in [3.63, 3.8) is 0 Å². The summed E-state index contributed by atoms with van der Waals surface area (Å²) in [5.74, 6) is 0. The molecule has 1 atom stereocenters. The van der Waals surface area contributed by atoms with Crippen LogP contribution in [0.4, 0.5) is 0 Å². The summed E-state index contributed by atoms with van der Waals surface area (Å²) in [4.78, 5) is 4.85. The quantitative estimate of drug-likeness (QED) is 0.750. The number of thiophene rings is 1. The van der Waals surface area contributed by atoms with E-state index in [0.29, 0.717) is 6.04 Å². The van der Waals surface area contributed by atoms with Gasteiger partial charge in [-0.25, -0.2) is 0 Å². The largest absolute Gasteiger partial charge is 0.312 e. The maximum atomic E-state index is 4.85. The highest BCUT2D eigenvalue weighted by atomic mass is 32.1. The number of fused-ring (bicyclic) bond motifs is 1. The van der Waals surface area contributed by atoms with Crippen molar-refractivity contribution in [1.82, 2.24) is 10.3 Å². The van der Waals surface area contributed by atoms with E-state index in [1.165, 1.54) is 16.5 Å². The molecule has 0 saturated heterocycles. The number of nitrogens with one attached hydrogen (secondary N) is 1. The summed E-state index contributed by atoms with van der Waals surface area (Å²) in [6, 6.07) is 13.1. The first-order valence-electron chi connectivity index (χ1n) is 7.32. The van der Waals surface area contributed by atoms with Crippen molar-refractivity contribution in [1.29, 1.82) is 0 Å². The molecule has 0 fully saturated rings. The van der Waals surface area contributed by atoms with Gasteiger partial charge in [-0.1, -0.05) is 18.2 Å². The van der Waals surface area contributed by atoms with Crippen LogP contribution >= 0.6 is 11.3 Å². The van der Waals surface area contributed by atoms with Crippen molar-refractivity contribution >= 4 is 22.2 Å². The molecule has 0 bridgehead atoms. The zero-order valence-electron chi connectivity index (χ0n) is 12.5. The maximum Gasteiger partial charge on any atom is 0.0708 e. The number of rotatable bonds is 5. The van der Waals surface area contributed by atoms with Crippen LogP contribution in [0.5, 0.6) is 0 Å². The molecular weight excluding hydrogens is 276 g/mol. The summed E-state index contributed by atoms with van der Waals surface area (Å²) in [6.07, 6.45) is 2.15. The van der Waals surface area contributed by atoms with Gasteiger partial charge in [-0.2, -0.15) is 11.3 Å². The molecule has 21 heavy (non-hydrogen) atoms. The van der Waals surface area contributed by atoms with Crippen molar-refractivity contribution in [2.45, 2.75) is 25.8 Å². The van der Waals surface area contributed by atoms with Crippen molar-refractivity contribution in [2.75, 3.05) is 7.05 Å². The van der Waals surface area contributed by atoms with E-state index in [2.05, 4.69) is 59.4 Å². The Labute approximate surface area is 129 Å². The van der Waals surface area contributed by atoms with Gasteiger partial charge in [0.2, 0.25) is 0 Å². The second kappa shape index (κ2) is 6.37. The first kappa shape index (κ1) is 14.2. The topological polar surface area (TPSA) is 24.9 Å². The molecule has 0 aliphatic heterocycles. The minimum absolute atomic E-state index is 0.299. The average Bonchev–Trinajstić information content (AvgIpc) is 3.01. The highest BCUT2D eigenvalue weighted by molar-refractivity contribution is 7.07. The van der Waals surface area contributed by atoms with Crippen LogP contribution in [0.25, 0.3) is 10.9 Å². The van der Waals surface area contributed by atoms with Crippen LogP contribution in [-0.2, 0) is 6.42 Å². The molecule has 3 heteroatoms. The summed E-state index contributed by atoms with van der Waals surface area (Å²) < 4.78 is 0. The van der Waals surface area contributed by atoms with Gasteiger partial charge in [-0.3, -0.25) is 4.98 Å². The molecule has 2 aromatic heterocycles. The van der Waals surface area contributed by atoms with E-state index < -0.39 is 0 Å². The average molecular weight is 296 g/mol. The summed E-state index contributed by atoms with van der Waals surface area (Å²) in [5.41, 5.74) is 4.94. The van der Waals surface area contributed by atoms with Crippen LogP contribution in [0.3, 0.4) is 0 Å². The van der Waals surface area contributed by atoms with Crippen LogP contribution in [-0.4, -0.2) is 12.0 Å². The Bertz CT molecular complexity index is 719. The summed E-state index contributed by atoms with van der Waals surface area (Å²) in [7, 11) is 2.02. The van der Waals surface area contributed by atoms with E-state index in [9.17, 15) is 0 Å². The number of nitrogens with zero attached hydrogens (tertiary/aromatic N) is 1. The first-order valence-corrected chi connectivity index (χ1v) is 8.27. The molecule has 3 rings (SSSR count). The number of benzene rings is 1. The third kappa shape index (κ3) is 3.14. The smallest absolute Gasteiger partial charge is 0.0708 e. The van der Waals surface area contributed by atoms with E-state index in [0.717, 1.165) is 24.1 Å². The van der Waals surface area contributed by atoms with Crippen LogP contribution in [0.2, 0.25) is 0 Å². The molecule has 1 unspecified atom stereocenters. The lowest BCUT2D eigenvalue weighted by molar-refractivity contribution is 0.537. The molecular formula is C18H20N2S. The summed E-state index contributed by atoms with van der Waals surface area (Å²) in [5, 5.41) is 9.03. The fraction of sp³-hybridized carbons (Fsp3) is 0.278. The maximum absolute atomic E-state index is 4.85. The van der Waals surface area contributed by atoms with Crippen LogP contribution < -0.4 is 5.32 Å². The van der Waals surface area contributed by atoms with Gasteiger partial charge >= 0.3 is 0 Å². The summed E-state index contributed by atoms with van der Waals surface area (Å²) in [6.45, 7) is 2.17. The lowest BCUT2D eigenvalue weighted by Gasteiger charge is -2.17. The molecule has 0 aliphatic rings. The standard InChI is InChI=1S/C18H20N2S/c1-13-11-18(20-16-6-4-3-5-15(13)16)17(19-2)8-7-14-9-10-21-12-14/h3-6,9-12,17,19H,7-8H2,1-2H3. The summed E-state index contributed by atoms with van der Waals surface area (Å²) >= 11 is 1.76. The monoisotopic (exact) mass is 296 g/mol. The fourth-order valence-electron chi connectivity index (χ4n) is 2.74. The number of para-hydroxylation sites is 1.